The molecule has 0 fully saturated rings. The van der Waals surface area contributed by atoms with Crippen LogP contribution in [0.15, 0.2) is 48.5 Å². The van der Waals surface area contributed by atoms with Crippen molar-refractivity contribution in [1.29, 1.82) is 0 Å². The molecule has 3 aromatic rings. The number of carbonyl (C=O) groups is 2. The molecule has 0 aliphatic heterocycles. The van der Waals surface area contributed by atoms with Crippen LogP contribution in [-0.2, 0) is 0 Å². The first-order valence-corrected chi connectivity index (χ1v) is 9.77. The first kappa shape index (κ1) is 21.8. The van der Waals surface area contributed by atoms with Gasteiger partial charge in [-0.1, -0.05) is 70.1 Å². The summed E-state index contributed by atoms with van der Waals surface area (Å²) >= 11 is 29.9. The number of aromatic hydroxyl groups is 1. The van der Waals surface area contributed by atoms with Crippen molar-refractivity contribution >= 4 is 69.8 Å². The second-order valence-corrected chi connectivity index (χ2v) is 7.59. The molecule has 0 atom stereocenters. The molecule has 9 heteroatoms. The fourth-order valence-electron chi connectivity index (χ4n) is 2.44. The number of hydrogen-bond acceptors (Lipinski definition) is 4. The van der Waals surface area contributed by atoms with E-state index in [-0.39, 0.29) is 53.5 Å². The zero-order chi connectivity index (χ0) is 21.3. The largest absolute Gasteiger partial charge is 0.507 e. The number of carbonyl (C=O) groups excluding carboxylic acids is 2. The van der Waals surface area contributed by atoms with Crippen LogP contribution in [0.5, 0.6) is 11.5 Å². The summed E-state index contributed by atoms with van der Waals surface area (Å²) in [6.45, 7) is 0. The second-order valence-electron chi connectivity index (χ2n) is 5.71. The highest BCUT2D eigenvalue weighted by Gasteiger charge is 2.25. The smallest absolute Gasteiger partial charge is 0.346 e. The summed E-state index contributed by atoms with van der Waals surface area (Å²) in [5, 5.41) is 9.10. The first-order valence-electron chi connectivity index (χ1n) is 7.88. The number of esters is 1. The van der Waals surface area contributed by atoms with E-state index in [1.54, 1.807) is 12.1 Å². The highest BCUT2D eigenvalue weighted by atomic mass is 35.5. The molecular weight excluding hydrogens is 481 g/mol. The molecule has 3 aromatic carbocycles. The third-order valence-corrected chi connectivity index (χ3v) is 6.17. The van der Waals surface area contributed by atoms with Crippen molar-refractivity contribution in [3.05, 3.63) is 90.3 Å². The molecular formula is C20H9Cl5O4. The summed E-state index contributed by atoms with van der Waals surface area (Å²) in [5.41, 5.74) is 0.211. The normalized spacial score (nSPS) is 10.7. The van der Waals surface area contributed by atoms with E-state index < -0.39 is 5.97 Å². The molecule has 29 heavy (non-hydrogen) atoms. The van der Waals surface area contributed by atoms with E-state index in [4.69, 9.17) is 62.7 Å². The third kappa shape index (κ3) is 4.32. The molecule has 0 unspecified atom stereocenters. The van der Waals surface area contributed by atoms with Crippen LogP contribution in [-0.4, -0.2) is 16.9 Å². The predicted octanol–water partition coefficient (Wildman–Crippen LogP) is 7.11. The van der Waals surface area contributed by atoms with Crippen molar-refractivity contribution in [2.24, 2.45) is 0 Å². The van der Waals surface area contributed by atoms with E-state index in [0.29, 0.717) is 5.56 Å². The quantitative estimate of drug-likeness (QED) is 0.139. The zero-order valence-electron chi connectivity index (χ0n) is 14.2. The average Bonchev–Trinajstić information content (AvgIpc) is 2.71. The van der Waals surface area contributed by atoms with Gasteiger partial charge in [0, 0.05) is 5.56 Å². The van der Waals surface area contributed by atoms with Gasteiger partial charge in [-0.25, -0.2) is 4.79 Å². The van der Waals surface area contributed by atoms with Gasteiger partial charge < -0.3 is 9.84 Å². The Labute approximate surface area is 190 Å². The Morgan fingerprint density at radius 2 is 1.24 bits per heavy atom. The highest BCUT2D eigenvalue weighted by molar-refractivity contribution is 6.56. The van der Waals surface area contributed by atoms with E-state index in [9.17, 15) is 14.7 Å². The fraction of sp³-hybridized carbons (Fsp3) is 0. The molecule has 1 N–H and O–H groups in total. The van der Waals surface area contributed by atoms with E-state index in [2.05, 4.69) is 0 Å². The number of phenols is 1. The van der Waals surface area contributed by atoms with Gasteiger partial charge >= 0.3 is 5.97 Å². The number of phenolic OH excluding ortho intramolecular Hbond substituents is 1. The number of hydrogen-bond donors (Lipinski definition) is 1. The van der Waals surface area contributed by atoms with Crippen LogP contribution in [0.1, 0.15) is 26.3 Å². The number of benzene rings is 3. The summed E-state index contributed by atoms with van der Waals surface area (Å²) in [7, 11) is 0. The van der Waals surface area contributed by atoms with Crippen molar-refractivity contribution in [3.8, 4) is 11.5 Å². The SMILES string of the molecule is O=C(c1ccc(OC(=O)c2c(Cl)c(Cl)c(Cl)c(Cl)c2Cl)cc1)c1ccccc1O. The molecule has 0 heterocycles. The maximum absolute atomic E-state index is 12.5. The van der Waals surface area contributed by atoms with Crippen molar-refractivity contribution in [3.63, 3.8) is 0 Å². The molecule has 148 valence electrons. The number of ether oxygens (including phenoxy) is 1. The van der Waals surface area contributed by atoms with Gasteiger partial charge in [-0.2, -0.15) is 0 Å². The molecule has 0 radical (unpaired) electrons. The van der Waals surface area contributed by atoms with Gasteiger partial charge in [-0.3, -0.25) is 4.79 Å². The zero-order valence-corrected chi connectivity index (χ0v) is 18.0. The maximum atomic E-state index is 12.5. The number of para-hydroxylation sites is 1. The molecule has 0 aromatic heterocycles. The molecule has 0 spiro atoms. The van der Waals surface area contributed by atoms with Crippen LogP contribution in [0.3, 0.4) is 0 Å². The second kappa shape index (κ2) is 8.82. The van der Waals surface area contributed by atoms with Crippen molar-refractivity contribution < 1.29 is 19.4 Å². The Hall–Kier alpha value is -1.95. The third-order valence-electron chi connectivity index (χ3n) is 3.89. The lowest BCUT2D eigenvalue weighted by atomic mass is 10.0. The Balaban J connectivity index is 1.85. The van der Waals surface area contributed by atoms with Crippen molar-refractivity contribution in [2.45, 2.75) is 0 Å². The Kier molecular flexibility index (Phi) is 6.62. The Bertz CT molecular complexity index is 1100. The van der Waals surface area contributed by atoms with Gasteiger partial charge in [0.15, 0.2) is 5.78 Å². The summed E-state index contributed by atoms with van der Waals surface area (Å²) in [5.74, 6) is -1.30. The van der Waals surface area contributed by atoms with E-state index >= 15 is 0 Å². The fourth-order valence-corrected chi connectivity index (χ4v) is 3.73. The standard InChI is InChI=1S/C20H9Cl5O4/c21-14-13(15(22)17(24)18(25)16(14)23)20(28)29-10-7-5-9(6-8-10)19(27)11-3-1-2-4-12(11)26/h1-8,26H. The lowest BCUT2D eigenvalue weighted by molar-refractivity contribution is 0.0735. The van der Waals surface area contributed by atoms with Gasteiger partial charge in [0.05, 0.1) is 30.7 Å². The summed E-state index contributed by atoms with van der Waals surface area (Å²) in [6, 6.07) is 11.9. The van der Waals surface area contributed by atoms with Gasteiger partial charge in [0.1, 0.15) is 17.1 Å². The van der Waals surface area contributed by atoms with Crippen molar-refractivity contribution in [2.75, 3.05) is 0 Å². The minimum atomic E-state index is -0.903. The van der Waals surface area contributed by atoms with E-state index in [1.165, 1.54) is 36.4 Å². The van der Waals surface area contributed by atoms with Gasteiger partial charge in [-0.05, 0) is 36.4 Å². The molecule has 0 saturated heterocycles. The highest BCUT2D eigenvalue weighted by Crippen LogP contribution is 2.44. The Morgan fingerprint density at radius 3 is 1.79 bits per heavy atom. The topological polar surface area (TPSA) is 63.6 Å². The molecule has 4 nitrogen and oxygen atoms in total. The Morgan fingerprint density at radius 1 is 0.724 bits per heavy atom. The number of rotatable bonds is 4. The maximum Gasteiger partial charge on any atom is 0.346 e. The lowest BCUT2D eigenvalue weighted by Crippen LogP contribution is -2.11. The van der Waals surface area contributed by atoms with Crippen LogP contribution in [0, 0.1) is 0 Å². The van der Waals surface area contributed by atoms with Crippen LogP contribution in [0.4, 0.5) is 0 Å². The molecule has 0 aliphatic carbocycles. The van der Waals surface area contributed by atoms with Gasteiger partial charge in [-0.15, -0.1) is 0 Å². The van der Waals surface area contributed by atoms with Crippen LogP contribution in [0.2, 0.25) is 25.1 Å². The molecule has 0 amide bonds. The van der Waals surface area contributed by atoms with Gasteiger partial charge in [0.2, 0.25) is 0 Å². The van der Waals surface area contributed by atoms with E-state index in [0.717, 1.165) is 0 Å². The van der Waals surface area contributed by atoms with Gasteiger partial charge in [0.25, 0.3) is 0 Å². The molecule has 0 bridgehead atoms. The van der Waals surface area contributed by atoms with Crippen LogP contribution >= 0.6 is 58.0 Å². The number of ketones is 1. The van der Waals surface area contributed by atoms with Crippen LogP contribution in [0.25, 0.3) is 0 Å². The summed E-state index contributed by atoms with van der Waals surface area (Å²) in [4.78, 5) is 25.0. The minimum absolute atomic E-state index is 0.0769. The molecule has 0 saturated carbocycles. The average molecular weight is 491 g/mol. The molecule has 0 aliphatic rings. The minimum Gasteiger partial charge on any atom is -0.507 e. The van der Waals surface area contributed by atoms with Crippen LogP contribution < -0.4 is 4.74 Å². The lowest BCUT2D eigenvalue weighted by Gasteiger charge is -2.12. The number of halogens is 5. The summed E-state index contributed by atoms with van der Waals surface area (Å²) in [6.07, 6.45) is 0. The summed E-state index contributed by atoms with van der Waals surface area (Å²) < 4.78 is 5.25. The molecule has 3 rings (SSSR count). The van der Waals surface area contributed by atoms with E-state index in [1.807, 2.05) is 0 Å². The van der Waals surface area contributed by atoms with Crippen molar-refractivity contribution in [1.82, 2.24) is 0 Å². The first-order chi connectivity index (χ1) is 13.7. The predicted molar refractivity (Wildman–Crippen MR) is 114 cm³/mol. The monoisotopic (exact) mass is 488 g/mol.